The van der Waals surface area contributed by atoms with Gasteiger partial charge in [-0.1, -0.05) is 6.07 Å². The van der Waals surface area contributed by atoms with Crippen molar-refractivity contribution in [2.75, 3.05) is 0 Å². The van der Waals surface area contributed by atoms with Gasteiger partial charge in [-0.3, -0.25) is 4.79 Å². The van der Waals surface area contributed by atoms with E-state index < -0.39 is 17.7 Å². The zero-order chi connectivity index (χ0) is 10.3. The van der Waals surface area contributed by atoms with Crippen molar-refractivity contribution in [1.29, 1.82) is 0 Å². The first-order valence-electron chi connectivity index (χ1n) is 4.15. The molecule has 1 amide bonds. The Hall–Kier alpha value is -1.52. The number of rotatable bonds is 2. The molecule has 0 bridgehead atoms. The van der Waals surface area contributed by atoms with Crippen molar-refractivity contribution in [2.24, 2.45) is 5.73 Å². The van der Waals surface area contributed by atoms with Gasteiger partial charge in [0.15, 0.2) is 0 Å². The van der Waals surface area contributed by atoms with E-state index in [9.17, 15) is 13.6 Å². The molecule has 0 radical (unpaired) electrons. The molecule has 1 atom stereocenters. The highest BCUT2D eigenvalue weighted by Gasteiger charge is 2.58. The highest BCUT2D eigenvalue weighted by atomic mass is 19.3. The molecule has 0 aliphatic heterocycles. The van der Waals surface area contributed by atoms with E-state index in [0.29, 0.717) is 0 Å². The Morgan fingerprint density at radius 3 is 2.71 bits per heavy atom. The number of halogens is 2. The maximum Gasteiger partial charge on any atom is 0.267 e. The van der Waals surface area contributed by atoms with Crippen LogP contribution in [0, 0.1) is 0 Å². The Bertz CT molecular complexity index is 392. The SMILES string of the molecule is NC(=O)c1cccc(C2CC2(F)F)n1. The lowest BCUT2D eigenvalue weighted by Crippen LogP contribution is -2.13. The first kappa shape index (κ1) is 9.05. The van der Waals surface area contributed by atoms with Gasteiger partial charge in [0.1, 0.15) is 5.69 Å². The zero-order valence-electron chi connectivity index (χ0n) is 7.21. The third-order valence-corrected chi connectivity index (χ3v) is 2.21. The molecule has 2 rings (SSSR count). The number of amides is 1. The smallest absolute Gasteiger partial charge is 0.267 e. The molecule has 1 aromatic heterocycles. The summed E-state index contributed by atoms with van der Waals surface area (Å²) in [4.78, 5) is 14.5. The Kier molecular flexibility index (Phi) is 1.77. The van der Waals surface area contributed by atoms with Gasteiger partial charge in [0.25, 0.3) is 11.8 Å². The van der Waals surface area contributed by atoms with Gasteiger partial charge in [-0.05, 0) is 12.1 Å². The average Bonchev–Trinajstić information content (AvgIpc) is 2.75. The monoisotopic (exact) mass is 198 g/mol. The minimum Gasteiger partial charge on any atom is -0.364 e. The molecule has 1 aromatic rings. The van der Waals surface area contributed by atoms with Crippen LogP contribution in [0.4, 0.5) is 8.78 Å². The van der Waals surface area contributed by atoms with Crippen LogP contribution in [-0.4, -0.2) is 16.8 Å². The number of aromatic nitrogens is 1. The molecule has 1 unspecified atom stereocenters. The predicted molar refractivity (Wildman–Crippen MR) is 45.1 cm³/mol. The third kappa shape index (κ3) is 1.45. The van der Waals surface area contributed by atoms with Crippen LogP contribution >= 0.6 is 0 Å². The molecule has 1 fully saturated rings. The van der Waals surface area contributed by atoms with Gasteiger partial charge in [-0.2, -0.15) is 0 Å². The Labute approximate surface area is 78.9 Å². The summed E-state index contributed by atoms with van der Waals surface area (Å²) in [6.07, 6.45) is -0.192. The van der Waals surface area contributed by atoms with Gasteiger partial charge < -0.3 is 5.73 Å². The molecule has 1 saturated carbocycles. The third-order valence-electron chi connectivity index (χ3n) is 2.21. The molecular formula is C9H8F2N2O. The molecule has 1 aliphatic rings. The van der Waals surface area contributed by atoms with E-state index in [1.54, 1.807) is 0 Å². The summed E-state index contributed by atoms with van der Waals surface area (Å²) in [7, 11) is 0. The van der Waals surface area contributed by atoms with Crippen LogP contribution in [0.2, 0.25) is 0 Å². The van der Waals surface area contributed by atoms with Crippen molar-refractivity contribution in [2.45, 2.75) is 18.3 Å². The van der Waals surface area contributed by atoms with Crippen molar-refractivity contribution in [3.8, 4) is 0 Å². The number of nitrogens with zero attached hydrogens (tertiary/aromatic N) is 1. The van der Waals surface area contributed by atoms with Crippen molar-refractivity contribution in [3.63, 3.8) is 0 Å². The quantitative estimate of drug-likeness (QED) is 0.778. The summed E-state index contributed by atoms with van der Waals surface area (Å²) < 4.78 is 25.3. The summed E-state index contributed by atoms with van der Waals surface area (Å²) in [6, 6.07) is 4.40. The summed E-state index contributed by atoms with van der Waals surface area (Å²) in [5, 5.41) is 0. The van der Waals surface area contributed by atoms with Gasteiger partial charge in [0.2, 0.25) is 0 Å². The highest BCUT2D eigenvalue weighted by molar-refractivity contribution is 5.90. The van der Waals surface area contributed by atoms with E-state index in [4.69, 9.17) is 5.73 Å². The fourth-order valence-corrected chi connectivity index (χ4v) is 1.32. The van der Waals surface area contributed by atoms with E-state index in [0.717, 1.165) is 0 Å². The van der Waals surface area contributed by atoms with Crippen molar-refractivity contribution in [3.05, 3.63) is 29.6 Å². The minimum atomic E-state index is -2.66. The number of alkyl halides is 2. The summed E-state index contributed by atoms with van der Waals surface area (Å²) in [5.74, 6) is -4.21. The molecule has 1 aliphatic carbocycles. The molecule has 5 heteroatoms. The normalized spacial score (nSPS) is 23.1. The van der Waals surface area contributed by atoms with Gasteiger partial charge in [0.05, 0.1) is 11.6 Å². The van der Waals surface area contributed by atoms with Crippen LogP contribution in [0.15, 0.2) is 18.2 Å². The second-order valence-electron chi connectivity index (χ2n) is 3.33. The number of pyridine rings is 1. The second kappa shape index (κ2) is 2.73. The number of hydrogen-bond donors (Lipinski definition) is 1. The lowest BCUT2D eigenvalue weighted by Gasteiger charge is -2.00. The maximum absolute atomic E-state index is 12.7. The molecule has 3 nitrogen and oxygen atoms in total. The number of primary amides is 1. The van der Waals surface area contributed by atoms with Crippen LogP contribution < -0.4 is 5.73 Å². The number of nitrogens with two attached hydrogens (primary N) is 1. The molecule has 0 aromatic carbocycles. The highest BCUT2D eigenvalue weighted by Crippen LogP contribution is 2.55. The summed E-state index contributed by atoms with van der Waals surface area (Å²) >= 11 is 0. The predicted octanol–water partition coefficient (Wildman–Crippen LogP) is 1.30. The zero-order valence-corrected chi connectivity index (χ0v) is 7.21. The molecule has 1 heterocycles. The summed E-state index contributed by atoms with van der Waals surface area (Å²) in [6.45, 7) is 0. The Morgan fingerprint density at radius 2 is 2.21 bits per heavy atom. The van der Waals surface area contributed by atoms with Crippen LogP contribution in [0.25, 0.3) is 0 Å². The van der Waals surface area contributed by atoms with E-state index in [-0.39, 0.29) is 17.8 Å². The van der Waals surface area contributed by atoms with E-state index in [1.807, 2.05) is 0 Å². The topological polar surface area (TPSA) is 56.0 Å². The molecule has 14 heavy (non-hydrogen) atoms. The number of carbonyl (C=O) groups is 1. The fraction of sp³-hybridized carbons (Fsp3) is 0.333. The van der Waals surface area contributed by atoms with E-state index in [2.05, 4.69) is 4.98 Å². The molecule has 74 valence electrons. The van der Waals surface area contributed by atoms with Crippen molar-refractivity contribution >= 4 is 5.91 Å². The number of hydrogen-bond acceptors (Lipinski definition) is 2. The van der Waals surface area contributed by atoms with Crippen molar-refractivity contribution < 1.29 is 13.6 Å². The first-order chi connectivity index (χ1) is 6.50. The van der Waals surface area contributed by atoms with E-state index >= 15 is 0 Å². The minimum absolute atomic E-state index is 0.0326. The number of carbonyl (C=O) groups excluding carboxylic acids is 1. The van der Waals surface area contributed by atoms with Crippen molar-refractivity contribution in [1.82, 2.24) is 4.98 Å². The fourth-order valence-electron chi connectivity index (χ4n) is 1.32. The van der Waals surface area contributed by atoms with Gasteiger partial charge in [0, 0.05) is 6.42 Å². The molecular weight excluding hydrogens is 190 g/mol. The second-order valence-corrected chi connectivity index (χ2v) is 3.33. The van der Waals surface area contributed by atoms with E-state index in [1.165, 1.54) is 18.2 Å². The van der Waals surface area contributed by atoms with Crippen LogP contribution in [-0.2, 0) is 0 Å². The average molecular weight is 198 g/mol. The van der Waals surface area contributed by atoms with Crippen LogP contribution in [0.5, 0.6) is 0 Å². The van der Waals surface area contributed by atoms with Gasteiger partial charge >= 0.3 is 0 Å². The molecule has 0 spiro atoms. The lowest BCUT2D eigenvalue weighted by atomic mass is 10.2. The van der Waals surface area contributed by atoms with Crippen LogP contribution in [0.1, 0.15) is 28.5 Å². The Morgan fingerprint density at radius 1 is 1.57 bits per heavy atom. The van der Waals surface area contributed by atoms with Gasteiger partial charge in [-0.15, -0.1) is 0 Å². The molecule has 0 saturated heterocycles. The first-order valence-corrected chi connectivity index (χ1v) is 4.15. The lowest BCUT2D eigenvalue weighted by molar-refractivity contribution is 0.0992. The maximum atomic E-state index is 12.7. The summed E-state index contributed by atoms with van der Waals surface area (Å²) in [5.41, 5.74) is 5.26. The van der Waals surface area contributed by atoms with Gasteiger partial charge in [-0.25, -0.2) is 13.8 Å². The largest absolute Gasteiger partial charge is 0.364 e. The standard InChI is InChI=1S/C9H8F2N2O/c10-9(11)4-5(9)6-2-1-3-7(13-6)8(12)14/h1-3,5H,4H2,(H2,12,14). The Balaban J connectivity index is 2.28. The van der Waals surface area contributed by atoms with Crippen LogP contribution in [0.3, 0.4) is 0 Å². The molecule has 2 N–H and O–H groups in total.